The van der Waals surface area contributed by atoms with Gasteiger partial charge in [-0.1, -0.05) is 0 Å². The van der Waals surface area contributed by atoms with E-state index in [1.54, 1.807) is 0 Å². The van der Waals surface area contributed by atoms with Gasteiger partial charge in [0.2, 0.25) is 0 Å². The fourth-order valence-corrected chi connectivity index (χ4v) is 3.37. The number of fused-ring (bicyclic) bond motifs is 1. The van der Waals surface area contributed by atoms with Gasteiger partial charge in [0, 0.05) is 0 Å². The van der Waals surface area contributed by atoms with E-state index in [0.29, 0.717) is 0 Å². The minimum absolute atomic E-state index is 0.254. The second-order valence-corrected chi connectivity index (χ2v) is 6.04. The summed E-state index contributed by atoms with van der Waals surface area (Å²) in [4.78, 5) is 1.46. The molecule has 0 saturated heterocycles. The van der Waals surface area contributed by atoms with Crippen LogP contribution in [0, 0.1) is 6.92 Å². The molecule has 2 heterocycles. The molecule has 0 nitrogen and oxygen atoms in total. The maximum absolute atomic E-state index is 2.29. The quantitative estimate of drug-likeness (QED) is 0.608. The van der Waals surface area contributed by atoms with Gasteiger partial charge in [0.15, 0.2) is 0 Å². The SMILES string of the molecule is Cc1sc2bcccc2c1C(C)(C)C. The van der Waals surface area contributed by atoms with Gasteiger partial charge in [-0.3, -0.25) is 0 Å². The van der Waals surface area contributed by atoms with Gasteiger partial charge in [-0.25, -0.2) is 0 Å². The maximum atomic E-state index is 2.29. The Bertz CT molecular complexity index is 463. The number of hydrogen-bond donors (Lipinski definition) is 0. The second-order valence-electron chi connectivity index (χ2n) is 4.78. The van der Waals surface area contributed by atoms with Crippen molar-refractivity contribution in [1.82, 2.24) is 0 Å². The normalized spacial score (nSPS) is 12.0. The average Bonchev–Trinajstić information content (AvgIpc) is 2.38. The Morgan fingerprint density at radius 2 is 2.00 bits per heavy atom. The van der Waals surface area contributed by atoms with E-state index in [1.807, 2.05) is 11.3 Å². The van der Waals surface area contributed by atoms with Crippen molar-refractivity contribution < 1.29 is 0 Å². The van der Waals surface area contributed by atoms with Crippen LogP contribution in [0.1, 0.15) is 31.2 Å². The van der Waals surface area contributed by atoms with Gasteiger partial charge in [-0.2, -0.15) is 0 Å². The predicted octanol–water partition coefficient (Wildman–Crippen LogP) is 3.85. The Kier molecular flexibility index (Phi) is 2.26. The molecule has 0 amide bonds. The third-order valence-electron chi connectivity index (χ3n) is 2.52. The molecule has 0 radical (unpaired) electrons. The number of rotatable bonds is 0. The van der Waals surface area contributed by atoms with Crippen molar-refractivity contribution in [3.63, 3.8) is 0 Å². The molecule has 0 fully saturated rings. The zero-order chi connectivity index (χ0) is 10.3. The zero-order valence-corrected chi connectivity index (χ0v) is 10.0. The first-order valence-electron chi connectivity index (χ1n) is 4.99. The molecule has 0 aliphatic carbocycles. The third kappa shape index (κ3) is 1.52. The standard InChI is InChI=1S/C12H15BS/c1-8-10(12(2,3)4)9-6-5-7-13-11(9)14-8/h5-7H,1-4H3. The molecule has 0 saturated carbocycles. The topological polar surface area (TPSA) is 0 Å². The van der Waals surface area contributed by atoms with Gasteiger partial charge in [-0.05, 0) is 0 Å². The Morgan fingerprint density at radius 1 is 1.29 bits per heavy atom. The fraction of sp³-hybridized carbons (Fsp3) is 0.417. The van der Waals surface area contributed by atoms with Crippen molar-refractivity contribution in [2.75, 3.05) is 0 Å². The van der Waals surface area contributed by atoms with E-state index >= 15 is 0 Å². The summed E-state index contributed by atoms with van der Waals surface area (Å²) in [6.07, 6.45) is 0. The van der Waals surface area contributed by atoms with Crippen molar-refractivity contribution in [2.24, 2.45) is 0 Å². The molecule has 2 heteroatoms. The Labute approximate surface area is 90.2 Å². The van der Waals surface area contributed by atoms with E-state index in [9.17, 15) is 0 Å². The fourth-order valence-electron chi connectivity index (χ4n) is 2.10. The first kappa shape index (κ1) is 9.91. The molecule has 2 aromatic rings. The molecule has 0 spiro atoms. The summed E-state index contributed by atoms with van der Waals surface area (Å²) in [5, 5.41) is 1.43. The van der Waals surface area contributed by atoms with Gasteiger partial charge < -0.3 is 0 Å². The molecular weight excluding hydrogens is 187 g/mol. The van der Waals surface area contributed by atoms with Crippen LogP contribution in [0.3, 0.4) is 0 Å². The van der Waals surface area contributed by atoms with E-state index in [1.165, 1.54) is 20.4 Å². The monoisotopic (exact) mass is 202 g/mol. The van der Waals surface area contributed by atoms with Crippen molar-refractivity contribution in [3.8, 4) is 0 Å². The van der Waals surface area contributed by atoms with Crippen molar-refractivity contribution in [3.05, 3.63) is 28.5 Å². The van der Waals surface area contributed by atoms with Crippen molar-refractivity contribution in [1.29, 1.82) is 0 Å². The van der Waals surface area contributed by atoms with E-state index in [0.717, 1.165) is 0 Å². The molecule has 2 aromatic heterocycles. The average molecular weight is 202 g/mol. The Morgan fingerprint density at radius 3 is 2.64 bits per heavy atom. The molecular formula is C12H15BS. The zero-order valence-electron chi connectivity index (χ0n) is 9.22. The summed E-state index contributed by atoms with van der Waals surface area (Å²) in [6, 6.07) is 4.36. The molecule has 0 aromatic carbocycles. The van der Waals surface area contributed by atoms with Gasteiger partial charge in [0.05, 0.1) is 0 Å². The number of aryl methyl sites for hydroxylation is 1. The van der Waals surface area contributed by atoms with Gasteiger partial charge in [-0.15, -0.1) is 0 Å². The minimum atomic E-state index is 0.254. The van der Waals surface area contributed by atoms with Crippen LogP contribution in [0.15, 0.2) is 18.1 Å². The van der Waals surface area contributed by atoms with Crippen molar-refractivity contribution in [2.45, 2.75) is 33.1 Å². The molecule has 0 N–H and O–H groups in total. The molecule has 14 heavy (non-hydrogen) atoms. The first-order valence-corrected chi connectivity index (χ1v) is 5.80. The van der Waals surface area contributed by atoms with Crippen LogP contribution in [0.4, 0.5) is 0 Å². The van der Waals surface area contributed by atoms with Crippen LogP contribution in [0.2, 0.25) is 0 Å². The van der Waals surface area contributed by atoms with Crippen LogP contribution in [-0.4, -0.2) is 6.91 Å². The summed E-state index contributed by atoms with van der Waals surface area (Å²) < 4.78 is 1.41. The van der Waals surface area contributed by atoms with E-state index in [4.69, 9.17) is 0 Å². The molecule has 0 unspecified atom stereocenters. The van der Waals surface area contributed by atoms with Crippen LogP contribution < -0.4 is 0 Å². The van der Waals surface area contributed by atoms with Crippen LogP contribution >= 0.6 is 11.3 Å². The van der Waals surface area contributed by atoms with E-state index in [2.05, 4.69) is 52.7 Å². The predicted molar refractivity (Wildman–Crippen MR) is 66.6 cm³/mol. The molecule has 0 aliphatic rings. The number of thiophene rings is 1. The molecule has 0 bridgehead atoms. The van der Waals surface area contributed by atoms with Crippen molar-refractivity contribution >= 4 is 28.2 Å². The van der Waals surface area contributed by atoms with Gasteiger partial charge >= 0.3 is 89.9 Å². The summed E-state index contributed by atoms with van der Waals surface area (Å²) in [6.45, 7) is 11.3. The van der Waals surface area contributed by atoms with E-state index in [-0.39, 0.29) is 5.41 Å². The third-order valence-corrected chi connectivity index (χ3v) is 3.61. The molecule has 2 rings (SSSR count). The van der Waals surface area contributed by atoms with Crippen LogP contribution in [0.5, 0.6) is 0 Å². The van der Waals surface area contributed by atoms with Gasteiger partial charge in [0.25, 0.3) is 0 Å². The summed E-state index contributed by atoms with van der Waals surface area (Å²) in [5.41, 5.74) is 1.77. The Balaban J connectivity index is 2.81. The van der Waals surface area contributed by atoms with Gasteiger partial charge in [0.1, 0.15) is 0 Å². The summed E-state index contributed by atoms with van der Waals surface area (Å²) >= 11 is 1.91. The molecule has 0 atom stereocenters. The molecule has 0 aliphatic heterocycles. The van der Waals surface area contributed by atoms with Crippen LogP contribution in [0.25, 0.3) is 9.98 Å². The Hall–Kier alpha value is -0.625. The van der Waals surface area contributed by atoms with E-state index < -0.39 is 0 Å². The summed E-state index contributed by atoms with van der Waals surface area (Å²) in [7, 11) is 0. The van der Waals surface area contributed by atoms with Crippen LogP contribution in [-0.2, 0) is 5.41 Å². The first-order chi connectivity index (χ1) is 6.50. The molecule has 72 valence electrons. The second kappa shape index (κ2) is 3.20. The number of hydrogen-bond acceptors (Lipinski definition) is 1. The summed E-state index contributed by atoms with van der Waals surface area (Å²) in [5.74, 6) is 2.12.